The zero-order valence-electron chi connectivity index (χ0n) is 8.12. The molecule has 0 radical (unpaired) electrons. The lowest BCUT2D eigenvalue weighted by atomic mass is 10.3. The first-order chi connectivity index (χ1) is 6.68. The van der Waals surface area contributed by atoms with Crippen LogP contribution in [-0.2, 0) is 6.54 Å². The zero-order chi connectivity index (χ0) is 10.1. The number of rotatable bonds is 2. The van der Waals surface area contributed by atoms with Crippen molar-refractivity contribution in [1.82, 2.24) is 9.55 Å². The van der Waals surface area contributed by atoms with E-state index in [-0.39, 0.29) is 0 Å². The zero-order valence-corrected chi connectivity index (χ0v) is 10.5. The summed E-state index contributed by atoms with van der Waals surface area (Å²) in [7, 11) is 0. The maximum absolute atomic E-state index is 4.28. The second-order valence-electron chi connectivity index (χ2n) is 3.24. The van der Waals surface area contributed by atoms with E-state index in [0.717, 1.165) is 12.2 Å². The summed E-state index contributed by atoms with van der Waals surface area (Å²) in [6.07, 6.45) is 1.90. The molecule has 0 spiro atoms. The van der Waals surface area contributed by atoms with Gasteiger partial charge in [0, 0.05) is 15.0 Å². The number of imidazole rings is 1. The average Bonchev–Trinajstić information content (AvgIpc) is 2.68. The van der Waals surface area contributed by atoms with Gasteiger partial charge in [0.2, 0.25) is 0 Å². The summed E-state index contributed by atoms with van der Waals surface area (Å²) in [5.41, 5.74) is 2.35. The Kier molecular flexibility index (Phi) is 2.74. The predicted molar refractivity (Wildman–Crippen MR) is 62.8 cm³/mol. The van der Waals surface area contributed by atoms with Gasteiger partial charge in [-0.25, -0.2) is 4.98 Å². The minimum atomic E-state index is 0.908. The number of thiophene rings is 1. The van der Waals surface area contributed by atoms with Crippen molar-refractivity contribution in [2.24, 2.45) is 0 Å². The average molecular weight is 271 g/mol. The largest absolute Gasteiger partial charge is 0.329 e. The van der Waals surface area contributed by atoms with E-state index in [1.807, 2.05) is 13.3 Å². The van der Waals surface area contributed by atoms with Crippen molar-refractivity contribution >= 4 is 27.3 Å². The van der Waals surface area contributed by atoms with Crippen LogP contribution in [0.5, 0.6) is 0 Å². The molecule has 14 heavy (non-hydrogen) atoms. The first kappa shape index (κ1) is 9.93. The molecule has 0 saturated heterocycles. The minimum absolute atomic E-state index is 0.908. The van der Waals surface area contributed by atoms with E-state index in [0.29, 0.717) is 0 Å². The SMILES string of the molecule is Cc1ncn(Cc2sccc2Br)c1C. The fraction of sp³-hybridized carbons (Fsp3) is 0.300. The molecule has 0 aromatic carbocycles. The molecule has 0 fully saturated rings. The van der Waals surface area contributed by atoms with Crippen molar-refractivity contribution in [3.63, 3.8) is 0 Å². The molecular formula is C10H11BrN2S. The molecule has 0 N–H and O–H groups in total. The number of aryl methyl sites for hydroxylation is 1. The molecule has 0 aliphatic heterocycles. The molecule has 0 bridgehead atoms. The van der Waals surface area contributed by atoms with Gasteiger partial charge >= 0.3 is 0 Å². The maximum Gasteiger partial charge on any atom is 0.0954 e. The number of halogens is 1. The fourth-order valence-electron chi connectivity index (χ4n) is 1.30. The Hall–Kier alpha value is -0.610. The first-order valence-electron chi connectivity index (χ1n) is 4.38. The smallest absolute Gasteiger partial charge is 0.0954 e. The van der Waals surface area contributed by atoms with E-state index in [9.17, 15) is 0 Å². The van der Waals surface area contributed by atoms with Crippen LogP contribution in [0.25, 0.3) is 0 Å². The molecule has 0 amide bonds. The molecule has 0 unspecified atom stereocenters. The summed E-state index contributed by atoms with van der Waals surface area (Å²) in [6, 6.07) is 2.08. The highest BCUT2D eigenvalue weighted by atomic mass is 79.9. The highest BCUT2D eigenvalue weighted by molar-refractivity contribution is 9.10. The molecule has 2 aromatic rings. The Morgan fingerprint density at radius 2 is 2.29 bits per heavy atom. The number of aromatic nitrogens is 2. The Bertz CT molecular complexity index is 445. The lowest BCUT2D eigenvalue weighted by Gasteiger charge is -2.03. The van der Waals surface area contributed by atoms with Crippen LogP contribution in [0.3, 0.4) is 0 Å². The van der Waals surface area contributed by atoms with Crippen molar-refractivity contribution in [3.05, 3.63) is 38.5 Å². The van der Waals surface area contributed by atoms with Gasteiger partial charge in [-0.15, -0.1) is 11.3 Å². The van der Waals surface area contributed by atoms with Crippen molar-refractivity contribution in [1.29, 1.82) is 0 Å². The molecule has 2 heterocycles. The van der Waals surface area contributed by atoms with Gasteiger partial charge in [-0.3, -0.25) is 0 Å². The van der Waals surface area contributed by atoms with Gasteiger partial charge in [0.05, 0.1) is 18.6 Å². The third-order valence-electron chi connectivity index (χ3n) is 2.35. The van der Waals surface area contributed by atoms with Crippen molar-refractivity contribution < 1.29 is 0 Å². The number of hydrogen-bond acceptors (Lipinski definition) is 2. The Labute approximate surface area is 95.7 Å². The van der Waals surface area contributed by atoms with Crippen LogP contribution in [0.2, 0.25) is 0 Å². The van der Waals surface area contributed by atoms with Gasteiger partial charge in [-0.2, -0.15) is 0 Å². The second kappa shape index (κ2) is 3.87. The van der Waals surface area contributed by atoms with E-state index in [2.05, 4.69) is 43.9 Å². The highest BCUT2D eigenvalue weighted by Gasteiger charge is 2.05. The van der Waals surface area contributed by atoms with Gasteiger partial charge in [0.25, 0.3) is 0 Å². The minimum Gasteiger partial charge on any atom is -0.329 e. The van der Waals surface area contributed by atoms with Crippen LogP contribution in [0, 0.1) is 13.8 Å². The quantitative estimate of drug-likeness (QED) is 0.818. The summed E-state index contributed by atoms with van der Waals surface area (Å²) in [4.78, 5) is 5.62. The maximum atomic E-state index is 4.28. The molecule has 4 heteroatoms. The lowest BCUT2D eigenvalue weighted by Crippen LogP contribution is -1.99. The molecule has 2 rings (SSSR count). The number of hydrogen-bond donors (Lipinski definition) is 0. The normalized spacial score (nSPS) is 10.8. The predicted octanol–water partition coefficient (Wildman–Crippen LogP) is 3.37. The van der Waals surface area contributed by atoms with Gasteiger partial charge in [0.15, 0.2) is 0 Å². The van der Waals surface area contributed by atoms with Gasteiger partial charge < -0.3 is 4.57 Å². The molecule has 0 atom stereocenters. The van der Waals surface area contributed by atoms with E-state index in [4.69, 9.17) is 0 Å². The van der Waals surface area contributed by atoms with E-state index in [1.54, 1.807) is 11.3 Å². The van der Waals surface area contributed by atoms with Crippen molar-refractivity contribution in [2.75, 3.05) is 0 Å². The van der Waals surface area contributed by atoms with Crippen LogP contribution in [0.15, 0.2) is 22.2 Å². The van der Waals surface area contributed by atoms with Gasteiger partial charge in [0.1, 0.15) is 0 Å². The highest BCUT2D eigenvalue weighted by Crippen LogP contribution is 2.24. The molecule has 0 aliphatic rings. The van der Waals surface area contributed by atoms with E-state index >= 15 is 0 Å². The third kappa shape index (κ3) is 1.77. The van der Waals surface area contributed by atoms with Gasteiger partial charge in [-0.1, -0.05) is 0 Å². The molecule has 2 nitrogen and oxygen atoms in total. The van der Waals surface area contributed by atoms with Crippen LogP contribution >= 0.6 is 27.3 Å². The Morgan fingerprint density at radius 1 is 1.50 bits per heavy atom. The van der Waals surface area contributed by atoms with Crippen LogP contribution in [0.4, 0.5) is 0 Å². The van der Waals surface area contributed by atoms with Crippen LogP contribution in [-0.4, -0.2) is 9.55 Å². The second-order valence-corrected chi connectivity index (χ2v) is 5.09. The molecule has 2 aromatic heterocycles. The molecular weight excluding hydrogens is 260 g/mol. The Balaban J connectivity index is 2.27. The number of nitrogens with zero attached hydrogens (tertiary/aromatic N) is 2. The van der Waals surface area contributed by atoms with Crippen molar-refractivity contribution in [2.45, 2.75) is 20.4 Å². The van der Waals surface area contributed by atoms with E-state index < -0.39 is 0 Å². The monoisotopic (exact) mass is 270 g/mol. The van der Waals surface area contributed by atoms with Crippen LogP contribution < -0.4 is 0 Å². The summed E-state index contributed by atoms with van der Waals surface area (Å²) in [6.45, 7) is 5.05. The lowest BCUT2D eigenvalue weighted by molar-refractivity contribution is 0.777. The summed E-state index contributed by atoms with van der Waals surface area (Å²) < 4.78 is 3.36. The Morgan fingerprint density at radius 3 is 2.79 bits per heavy atom. The van der Waals surface area contributed by atoms with E-state index in [1.165, 1.54) is 15.0 Å². The standard InChI is InChI=1S/C10H11BrN2S/c1-7-8(2)13(6-12-7)5-10-9(11)3-4-14-10/h3-4,6H,5H2,1-2H3. The summed E-state index contributed by atoms with van der Waals surface area (Å²) >= 11 is 5.30. The molecule has 0 saturated carbocycles. The molecule has 0 aliphatic carbocycles. The van der Waals surface area contributed by atoms with Gasteiger partial charge in [-0.05, 0) is 41.2 Å². The van der Waals surface area contributed by atoms with Crippen LogP contribution in [0.1, 0.15) is 16.3 Å². The summed E-state index contributed by atoms with van der Waals surface area (Å²) in [5.74, 6) is 0. The third-order valence-corrected chi connectivity index (χ3v) is 4.26. The van der Waals surface area contributed by atoms with Crippen molar-refractivity contribution in [3.8, 4) is 0 Å². The fourth-order valence-corrected chi connectivity index (χ4v) is 2.77. The molecule has 74 valence electrons. The first-order valence-corrected chi connectivity index (χ1v) is 6.06. The topological polar surface area (TPSA) is 17.8 Å². The summed E-state index contributed by atoms with van der Waals surface area (Å²) in [5, 5.41) is 2.10.